The van der Waals surface area contributed by atoms with Gasteiger partial charge in [0.2, 0.25) is 0 Å². The van der Waals surface area contributed by atoms with E-state index in [2.05, 4.69) is 18.2 Å². The molecule has 2 nitrogen and oxygen atoms in total. The van der Waals surface area contributed by atoms with E-state index in [9.17, 15) is 0 Å². The summed E-state index contributed by atoms with van der Waals surface area (Å²) in [4.78, 5) is 0. The highest BCUT2D eigenvalue weighted by atomic mass is 16.5. The summed E-state index contributed by atoms with van der Waals surface area (Å²) in [5.74, 6) is 0. The Kier molecular flexibility index (Phi) is 5.46. The van der Waals surface area contributed by atoms with E-state index in [1.807, 2.05) is 18.2 Å². The molecule has 14 heavy (non-hydrogen) atoms. The number of hydrogen-bond donors (Lipinski definition) is 0. The van der Waals surface area contributed by atoms with Crippen LogP contribution in [-0.4, -0.2) is 6.61 Å². The van der Waals surface area contributed by atoms with Crippen molar-refractivity contribution in [2.75, 3.05) is 6.61 Å². The predicted octanol–water partition coefficient (Wildman–Crippen LogP) is 2.90. The zero-order valence-corrected chi connectivity index (χ0v) is 8.28. The van der Waals surface area contributed by atoms with Crippen molar-refractivity contribution in [3.8, 4) is 6.07 Å². The van der Waals surface area contributed by atoms with Gasteiger partial charge in [0.25, 0.3) is 0 Å². The van der Waals surface area contributed by atoms with E-state index >= 15 is 0 Å². The van der Waals surface area contributed by atoms with Gasteiger partial charge in [-0.15, -0.1) is 0 Å². The largest absolute Gasteiger partial charge is 0.377 e. The van der Waals surface area contributed by atoms with E-state index in [0.717, 1.165) is 19.4 Å². The van der Waals surface area contributed by atoms with Crippen LogP contribution in [0, 0.1) is 11.3 Å². The van der Waals surface area contributed by atoms with Crippen LogP contribution in [0.1, 0.15) is 24.8 Å². The maximum Gasteiger partial charge on any atom is 0.0716 e. The van der Waals surface area contributed by atoms with E-state index in [1.54, 1.807) is 0 Å². The van der Waals surface area contributed by atoms with E-state index in [1.165, 1.54) is 5.56 Å². The summed E-state index contributed by atoms with van der Waals surface area (Å²) in [5, 5.41) is 8.31. The van der Waals surface area contributed by atoms with Gasteiger partial charge in [-0.1, -0.05) is 30.3 Å². The number of benzene rings is 1. The van der Waals surface area contributed by atoms with Gasteiger partial charge in [0.05, 0.1) is 12.7 Å². The van der Waals surface area contributed by atoms with Gasteiger partial charge in [0.15, 0.2) is 0 Å². The lowest BCUT2D eigenvalue weighted by atomic mass is 10.2. The molecule has 0 N–H and O–H groups in total. The molecule has 0 heterocycles. The molecule has 0 saturated carbocycles. The van der Waals surface area contributed by atoms with Gasteiger partial charge in [-0.2, -0.15) is 5.26 Å². The van der Waals surface area contributed by atoms with E-state index in [0.29, 0.717) is 13.0 Å². The highest BCUT2D eigenvalue weighted by Crippen LogP contribution is 2.02. The van der Waals surface area contributed by atoms with Gasteiger partial charge >= 0.3 is 0 Å². The molecule has 0 aromatic heterocycles. The first kappa shape index (κ1) is 10.7. The number of nitrogens with zero attached hydrogens (tertiary/aromatic N) is 1. The fourth-order valence-electron chi connectivity index (χ4n) is 1.17. The van der Waals surface area contributed by atoms with Crippen molar-refractivity contribution < 1.29 is 4.74 Å². The van der Waals surface area contributed by atoms with Gasteiger partial charge in [-0.05, 0) is 18.4 Å². The third-order valence-corrected chi connectivity index (χ3v) is 1.94. The van der Waals surface area contributed by atoms with Crippen LogP contribution in [0.25, 0.3) is 0 Å². The zero-order valence-electron chi connectivity index (χ0n) is 8.28. The van der Waals surface area contributed by atoms with Crippen molar-refractivity contribution in [2.24, 2.45) is 0 Å². The molecule has 1 rings (SSSR count). The number of hydrogen-bond acceptors (Lipinski definition) is 2. The summed E-state index contributed by atoms with van der Waals surface area (Å²) >= 11 is 0. The normalized spacial score (nSPS) is 9.64. The first-order valence-corrected chi connectivity index (χ1v) is 4.92. The summed E-state index contributed by atoms with van der Waals surface area (Å²) in [6, 6.07) is 12.2. The third-order valence-electron chi connectivity index (χ3n) is 1.94. The molecule has 0 amide bonds. The van der Waals surface area contributed by atoms with Crippen LogP contribution in [0.2, 0.25) is 0 Å². The molecule has 0 fully saturated rings. The monoisotopic (exact) mass is 189 g/mol. The van der Waals surface area contributed by atoms with Crippen molar-refractivity contribution >= 4 is 0 Å². The zero-order chi connectivity index (χ0) is 10.1. The Morgan fingerprint density at radius 2 is 1.93 bits per heavy atom. The predicted molar refractivity (Wildman–Crippen MR) is 55.6 cm³/mol. The van der Waals surface area contributed by atoms with E-state index < -0.39 is 0 Å². The second-order valence-corrected chi connectivity index (χ2v) is 3.15. The average Bonchev–Trinajstić information content (AvgIpc) is 2.25. The van der Waals surface area contributed by atoms with Crippen LogP contribution < -0.4 is 0 Å². The molecule has 0 radical (unpaired) electrons. The maximum absolute atomic E-state index is 8.31. The van der Waals surface area contributed by atoms with E-state index in [4.69, 9.17) is 10.00 Å². The Morgan fingerprint density at radius 3 is 2.64 bits per heavy atom. The Bertz CT molecular complexity index is 276. The Morgan fingerprint density at radius 1 is 1.14 bits per heavy atom. The van der Waals surface area contributed by atoms with Gasteiger partial charge in [0, 0.05) is 13.0 Å². The molecule has 0 spiro atoms. The molecule has 2 heteroatoms. The second kappa shape index (κ2) is 7.11. The summed E-state index contributed by atoms with van der Waals surface area (Å²) < 4.78 is 5.46. The van der Waals surface area contributed by atoms with Crippen molar-refractivity contribution in [1.29, 1.82) is 5.26 Å². The number of ether oxygens (including phenoxy) is 1. The quantitative estimate of drug-likeness (QED) is 0.644. The SMILES string of the molecule is N#CCCCCOCc1ccccc1. The van der Waals surface area contributed by atoms with Gasteiger partial charge in [-0.25, -0.2) is 0 Å². The molecule has 0 bridgehead atoms. The molecular weight excluding hydrogens is 174 g/mol. The highest BCUT2D eigenvalue weighted by Gasteiger charge is 1.91. The lowest BCUT2D eigenvalue weighted by Gasteiger charge is -2.02. The Hall–Kier alpha value is -1.33. The molecular formula is C12H15NO. The Labute approximate surface area is 85.1 Å². The molecule has 0 aliphatic carbocycles. The summed E-state index contributed by atoms with van der Waals surface area (Å²) in [6.45, 7) is 1.42. The molecule has 0 unspecified atom stereocenters. The van der Waals surface area contributed by atoms with Crippen molar-refractivity contribution in [3.05, 3.63) is 35.9 Å². The second-order valence-electron chi connectivity index (χ2n) is 3.15. The lowest BCUT2D eigenvalue weighted by molar-refractivity contribution is 0.117. The van der Waals surface area contributed by atoms with Crippen molar-refractivity contribution in [1.82, 2.24) is 0 Å². The van der Waals surface area contributed by atoms with Crippen LogP contribution >= 0.6 is 0 Å². The molecule has 74 valence electrons. The van der Waals surface area contributed by atoms with Gasteiger partial charge in [-0.3, -0.25) is 0 Å². The molecule has 0 saturated heterocycles. The minimum Gasteiger partial charge on any atom is -0.377 e. The molecule has 0 aliphatic heterocycles. The van der Waals surface area contributed by atoms with E-state index in [-0.39, 0.29) is 0 Å². The minimum absolute atomic E-state index is 0.634. The summed E-state index contributed by atoms with van der Waals surface area (Å²) in [7, 11) is 0. The number of unbranched alkanes of at least 4 members (excludes halogenated alkanes) is 2. The lowest BCUT2D eigenvalue weighted by Crippen LogP contribution is -1.94. The fraction of sp³-hybridized carbons (Fsp3) is 0.417. The van der Waals surface area contributed by atoms with Gasteiger partial charge in [0.1, 0.15) is 0 Å². The topological polar surface area (TPSA) is 33.0 Å². The number of nitriles is 1. The molecule has 1 aromatic rings. The Balaban J connectivity index is 2.03. The standard InChI is InChI=1S/C12H15NO/c13-9-5-2-6-10-14-11-12-7-3-1-4-8-12/h1,3-4,7-8H,2,5-6,10-11H2. The maximum atomic E-state index is 8.31. The van der Waals surface area contributed by atoms with Crippen LogP contribution in [0.4, 0.5) is 0 Å². The van der Waals surface area contributed by atoms with Crippen molar-refractivity contribution in [3.63, 3.8) is 0 Å². The average molecular weight is 189 g/mol. The van der Waals surface area contributed by atoms with Crippen LogP contribution in [0.3, 0.4) is 0 Å². The van der Waals surface area contributed by atoms with Crippen LogP contribution in [-0.2, 0) is 11.3 Å². The summed E-state index contributed by atoms with van der Waals surface area (Å²) in [5.41, 5.74) is 1.20. The first-order valence-electron chi connectivity index (χ1n) is 4.92. The molecule has 1 aromatic carbocycles. The van der Waals surface area contributed by atoms with Crippen LogP contribution in [0.15, 0.2) is 30.3 Å². The highest BCUT2D eigenvalue weighted by molar-refractivity contribution is 5.13. The fourth-order valence-corrected chi connectivity index (χ4v) is 1.17. The number of rotatable bonds is 6. The van der Waals surface area contributed by atoms with Gasteiger partial charge < -0.3 is 4.74 Å². The molecule has 0 atom stereocenters. The minimum atomic E-state index is 0.634. The third kappa shape index (κ3) is 4.64. The molecule has 0 aliphatic rings. The van der Waals surface area contributed by atoms with Crippen LogP contribution in [0.5, 0.6) is 0 Å². The summed E-state index contributed by atoms with van der Waals surface area (Å²) in [6.07, 6.45) is 2.54. The smallest absolute Gasteiger partial charge is 0.0716 e. The first-order chi connectivity index (χ1) is 6.93. The van der Waals surface area contributed by atoms with Crippen molar-refractivity contribution in [2.45, 2.75) is 25.9 Å².